The van der Waals surface area contributed by atoms with Crippen LogP contribution in [0, 0.1) is 12.8 Å². The number of nitrogens with one attached hydrogen (secondary N) is 1. The van der Waals surface area contributed by atoms with Crippen LogP contribution in [-0.2, 0) is 4.74 Å². The van der Waals surface area contributed by atoms with Crippen molar-refractivity contribution in [2.45, 2.75) is 13.3 Å². The van der Waals surface area contributed by atoms with Gasteiger partial charge >= 0.3 is 0 Å². The van der Waals surface area contributed by atoms with Crippen molar-refractivity contribution in [3.63, 3.8) is 0 Å². The van der Waals surface area contributed by atoms with E-state index in [1.54, 1.807) is 19.4 Å². The second-order valence-corrected chi connectivity index (χ2v) is 4.88. The van der Waals surface area contributed by atoms with Crippen LogP contribution >= 0.6 is 0 Å². The summed E-state index contributed by atoms with van der Waals surface area (Å²) < 4.78 is 5.14. The van der Waals surface area contributed by atoms with Crippen molar-refractivity contribution in [2.24, 2.45) is 11.8 Å². The molecule has 6 heteroatoms. The largest absolute Gasteiger partial charge is 0.384 e. The molecule has 0 aliphatic carbocycles. The molecule has 1 saturated heterocycles. The van der Waals surface area contributed by atoms with Gasteiger partial charge in [0.15, 0.2) is 0 Å². The van der Waals surface area contributed by atoms with Crippen LogP contribution in [0.4, 0.5) is 5.69 Å². The maximum Gasteiger partial charge on any atom is 0.257 e. The van der Waals surface area contributed by atoms with Crippen molar-refractivity contribution in [3.05, 3.63) is 23.5 Å². The van der Waals surface area contributed by atoms with E-state index in [9.17, 15) is 4.79 Å². The molecule has 2 rings (SSSR count). The number of hydrazine groups is 1. The summed E-state index contributed by atoms with van der Waals surface area (Å²) in [6.45, 7) is 4.03. The second kappa shape index (κ2) is 5.99. The number of hydrogen-bond acceptors (Lipinski definition) is 5. The number of rotatable bonds is 4. The number of aryl methyl sites for hydroxylation is 1. The number of carbonyl (C=O) groups is 1. The molecule has 1 fully saturated rings. The van der Waals surface area contributed by atoms with Gasteiger partial charge in [0.1, 0.15) is 0 Å². The summed E-state index contributed by atoms with van der Waals surface area (Å²) in [7, 11) is 1.69. The Kier molecular flexibility index (Phi) is 4.34. The second-order valence-electron chi connectivity index (χ2n) is 4.88. The third-order valence-electron chi connectivity index (χ3n) is 3.40. The summed E-state index contributed by atoms with van der Waals surface area (Å²) in [4.78, 5) is 18.4. The molecule has 1 aromatic rings. The summed E-state index contributed by atoms with van der Waals surface area (Å²) >= 11 is 0. The van der Waals surface area contributed by atoms with E-state index in [0.29, 0.717) is 23.8 Å². The maximum atomic E-state index is 12.4. The number of methoxy groups -OCH3 is 1. The molecule has 1 atom stereocenters. The van der Waals surface area contributed by atoms with Crippen LogP contribution in [0.1, 0.15) is 22.5 Å². The topological polar surface area (TPSA) is 80.5 Å². The van der Waals surface area contributed by atoms with E-state index in [0.717, 1.165) is 25.2 Å². The summed E-state index contributed by atoms with van der Waals surface area (Å²) in [5.41, 5.74) is 4.53. The zero-order chi connectivity index (χ0) is 13.8. The Morgan fingerprint density at radius 2 is 2.47 bits per heavy atom. The molecule has 6 nitrogen and oxygen atoms in total. The van der Waals surface area contributed by atoms with Gasteiger partial charge in [0.2, 0.25) is 0 Å². The van der Waals surface area contributed by atoms with Crippen molar-refractivity contribution in [1.82, 2.24) is 9.88 Å². The van der Waals surface area contributed by atoms with Gasteiger partial charge in [-0.05, 0) is 19.4 Å². The number of ether oxygens (including phenoxy) is 1. The average molecular weight is 264 g/mol. The summed E-state index contributed by atoms with van der Waals surface area (Å²) in [6.07, 6.45) is 2.56. The number of nitrogens with zero attached hydrogens (tertiary/aromatic N) is 2. The Balaban J connectivity index is 2.12. The molecule has 0 saturated carbocycles. The first-order chi connectivity index (χ1) is 9.15. The van der Waals surface area contributed by atoms with Crippen molar-refractivity contribution < 1.29 is 9.53 Å². The molecule has 0 spiro atoms. The zero-order valence-electron chi connectivity index (χ0n) is 11.3. The smallest absolute Gasteiger partial charge is 0.257 e. The molecule has 0 bridgehead atoms. The molecule has 3 N–H and O–H groups in total. The lowest BCUT2D eigenvalue weighted by molar-refractivity contribution is 0.0776. The van der Waals surface area contributed by atoms with E-state index in [4.69, 9.17) is 10.6 Å². The van der Waals surface area contributed by atoms with Crippen LogP contribution in [0.25, 0.3) is 0 Å². The van der Waals surface area contributed by atoms with Crippen molar-refractivity contribution >= 4 is 11.6 Å². The van der Waals surface area contributed by atoms with Gasteiger partial charge in [-0.1, -0.05) is 0 Å². The van der Waals surface area contributed by atoms with Gasteiger partial charge in [-0.3, -0.25) is 15.6 Å². The van der Waals surface area contributed by atoms with E-state index >= 15 is 0 Å². The van der Waals surface area contributed by atoms with Gasteiger partial charge in [-0.25, -0.2) is 0 Å². The minimum Gasteiger partial charge on any atom is -0.384 e. The molecule has 0 radical (unpaired) electrons. The van der Waals surface area contributed by atoms with Gasteiger partial charge in [-0.15, -0.1) is 0 Å². The van der Waals surface area contributed by atoms with E-state index in [-0.39, 0.29) is 5.91 Å². The maximum absolute atomic E-state index is 12.4. The highest BCUT2D eigenvalue weighted by atomic mass is 16.5. The van der Waals surface area contributed by atoms with Crippen LogP contribution in [0.2, 0.25) is 0 Å². The Morgan fingerprint density at radius 1 is 1.68 bits per heavy atom. The Hall–Kier alpha value is -1.66. The number of aromatic nitrogens is 1. The van der Waals surface area contributed by atoms with Crippen molar-refractivity contribution in [3.8, 4) is 0 Å². The van der Waals surface area contributed by atoms with E-state index < -0.39 is 0 Å². The standard InChI is InChI=1S/C13H20N4O2/c1-9-5-12(16-14)11(6-15-9)13(18)17-4-3-10(7-17)8-19-2/h5-6,10H,3-4,7-8,14H2,1-2H3,(H,15,16). The van der Waals surface area contributed by atoms with Crippen LogP contribution in [0.3, 0.4) is 0 Å². The normalized spacial score (nSPS) is 18.7. The SMILES string of the molecule is COCC1CCN(C(=O)c2cnc(C)cc2NN)C1. The lowest BCUT2D eigenvalue weighted by Gasteiger charge is -2.18. The third-order valence-corrected chi connectivity index (χ3v) is 3.40. The summed E-state index contributed by atoms with van der Waals surface area (Å²) in [5.74, 6) is 5.85. The molecule has 2 heterocycles. The molecule has 19 heavy (non-hydrogen) atoms. The van der Waals surface area contributed by atoms with Gasteiger partial charge in [0.05, 0.1) is 17.9 Å². The Morgan fingerprint density at radius 3 is 3.16 bits per heavy atom. The van der Waals surface area contributed by atoms with Crippen molar-refractivity contribution in [1.29, 1.82) is 0 Å². The highest BCUT2D eigenvalue weighted by molar-refractivity contribution is 5.99. The van der Waals surface area contributed by atoms with Gasteiger partial charge in [0.25, 0.3) is 5.91 Å². The van der Waals surface area contributed by atoms with Crippen LogP contribution in [-0.4, -0.2) is 42.6 Å². The lowest BCUT2D eigenvalue weighted by Crippen LogP contribution is -2.30. The molecular weight excluding hydrogens is 244 g/mol. The number of pyridine rings is 1. The summed E-state index contributed by atoms with van der Waals surface area (Å²) in [5, 5.41) is 0. The monoisotopic (exact) mass is 264 g/mol. The molecule has 104 valence electrons. The molecule has 1 aliphatic heterocycles. The number of nitrogens with two attached hydrogens (primary N) is 1. The Labute approximate surface area is 112 Å². The van der Waals surface area contributed by atoms with Crippen LogP contribution < -0.4 is 11.3 Å². The lowest BCUT2D eigenvalue weighted by atomic mass is 10.1. The fourth-order valence-corrected chi connectivity index (χ4v) is 2.41. The predicted molar refractivity (Wildman–Crippen MR) is 72.7 cm³/mol. The molecule has 1 aromatic heterocycles. The van der Waals surface area contributed by atoms with Gasteiger partial charge < -0.3 is 15.1 Å². The molecule has 1 unspecified atom stereocenters. The number of anilines is 1. The first kappa shape index (κ1) is 13.8. The highest BCUT2D eigenvalue weighted by Gasteiger charge is 2.28. The minimum atomic E-state index is -0.0287. The first-order valence-corrected chi connectivity index (χ1v) is 6.37. The van der Waals surface area contributed by atoms with Crippen LogP contribution in [0.5, 0.6) is 0 Å². The number of hydrogen-bond donors (Lipinski definition) is 2. The van der Waals surface area contributed by atoms with E-state index in [1.165, 1.54) is 0 Å². The van der Waals surface area contributed by atoms with E-state index in [2.05, 4.69) is 10.4 Å². The quantitative estimate of drug-likeness (QED) is 0.620. The predicted octanol–water partition coefficient (Wildman–Crippen LogP) is 0.784. The highest BCUT2D eigenvalue weighted by Crippen LogP contribution is 2.22. The minimum absolute atomic E-state index is 0.0287. The fourth-order valence-electron chi connectivity index (χ4n) is 2.41. The molecule has 0 aromatic carbocycles. The third kappa shape index (κ3) is 3.02. The Bertz CT molecular complexity index is 464. The fraction of sp³-hybridized carbons (Fsp3) is 0.538. The number of nitrogen functional groups attached to an aromatic ring is 1. The molecule has 1 aliphatic rings. The van der Waals surface area contributed by atoms with Gasteiger partial charge in [-0.2, -0.15) is 0 Å². The number of carbonyl (C=O) groups excluding carboxylic acids is 1. The molecular formula is C13H20N4O2. The first-order valence-electron chi connectivity index (χ1n) is 6.37. The summed E-state index contributed by atoms with van der Waals surface area (Å²) in [6, 6.07) is 1.77. The van der Waals surface area contributed by atoms with Crippen LogP contribution in [0.15, 0.2) is 12.3 Å². The average Bonchev–Trinajstić information content (AvgIpc) is 2.87. The van der Waals surface area contributed by atoms with Crippen molar-refractivity contribution in [2.75, 3.05) is 32.2 Å². The number of likely N-dealkylation sites (tertiary alicyclic amines) is 1. The zero-order valence-corrected chi connectivity index (χ0v) is 11.3. The number of amides is 1. The van der Waals surface area contributed by atoms with E-state index in [1.807, 2.05) is 11.8 Å². The van der Waals surface area contributed by atoms with Gasteiger partial charge in [0, 0.05) is 38.0 Å². The molecule has 1 amide bonds.